The van der Waals surface area contributed by atoms with Crippen molar-refractivity contribution in [2.75, 3.05) is 6.54 Å². The molecule has 2 rings (SSSR count). The number of hydrogen-bond donors (Lipinski definition) is 1. The Hall–Kier alpha value is -1.70. The molecule has 0 amide bonds. The number of rotatable bonds is 5. The van der Waals surface area contributed by atoms with Crippen molar-refractivity contribution < 1.29 is 0 Å². The van der Waals surface area contributed by atoms with E-state index in [2.05, 4.69) is 28.7 Å². The molecule has 1 unspecified atom stereocenters. The van der Waals surface area contributed by atoms with Gasteiger partial charge in [0.25, 0.3) is 0 Å². The fourth-order valence-corrected chi connectivity index (χ4v) is 2.65. The molecule has 0 bridgehead atoms. The second-order valence-corrected chi connectivity index (χ2v) is 5.48. The summed E-state index contributed by atoms with van der Waals surface area (Å²) in [7, 11) is 0. The van der Waals surface area contributed by atoms with Crippen LogP contribution in [0, 0.1) is 18.3 Å². The number of thiazole rings is 1. The van der Waals surface area contributed by atoms with Gasteiger partial charge in [-0.2, -0.15) is 5.26 Å². The van der Waals surface area contributed by atoms with Crippen molar-refractivity contribution in [3.05, 3.63) is 51.5 Å². The van der Waals surface area contributed by atoms with E-state index in [1.807, 2.05) is 31.2 Å². The monoisotopic (exact) mass is 271 g/mol. The topological polar surface area (TPSA) is 48.7 Å². The van der Waals surface area contributed by atoms with Crippen LogP contribution in [0.1, 0.15) is 34.8 Å². The molecule has 0 radical (unpaired) electrons. The van der Waals surface area contributed by atoms with Crippen LogP contribution >= 0.6 is 11.3 Å². The second-order valence-electron chi connectivity index (χ2n) is 4.54. The molecular formula is C15H17N3S. The van der Waals surface area contributed by atoms with E-state index in [4.69, 9.17) is 5.26 Å². The summed E-state index contributed by atoms with van der Waals surface area (Å²) in [5, 5.41) is 15.5. The van der Waals surface area contributed by atoms with E-state index >= 15 is 0 Å². The van der Waals surface area contributed by atoms with Crippen molar-refractivity contribution in [2.24, 2.45) is 0 Å². The lowest BCUT2D eigenvalue weighted by Crippen LogP contribution is -2.21. The molecule has 0 saturated heterocycles. The lowest BCUT2D eigenvalue weighted by molar-refractivity contribution is 0.576. The first kappa shape index (κ1) is 13.7. The van der Waals surface area contributed by atoms with Crippen LogP contribution in [-0.2, 0) is 6.42 Å². The highest BCUT2D eigenvalue weighted by Gasteiger charge is 2.05. The van der Waals surface area contributed by atoms with Crippen LogP contribution in [0.2, 0.25) is 0 Å². The average molecular weight is 271 g/mol. The summed E-state index contributed by atoms with van der Waals surface area (Å²) in [5.74, 6) is 0. The Morgan fingerprint density at radius 3 is 2.68 bits per heavy atom. The molecule has 1 aromatic carbocycles. The fraction of sp³-hybridized carbons (Fsp3) is 0.333. The van der Waals surface area contributed by atoms with Crippen molar-refractivity contribution in [2.45, 2.75) is 26.3 Å². The van der Waals surface area contributed by atoms with E-state index < -0.39 is 0 Å². The standard InChI is InChI=1S/C15H17N3S/c1-11-10-19-15(18-11)7-8-17-12(2)14-5-3-13(9-16)4-6-14/h3-6,10,12,17H,7-8H2,1-2H3. The maximum atomic E-state index is 8.77. The smallest absolute Gasteiger partial charge is 0.0991 e. The summed E-state index contributed by atoms with van der Waals surface area (Å²) in [6, 6.07) is 10.1. The lowest BCUT2D eigenvalue weighted by Gasteiger charge is -2.13. The van der Waals surface area contributed by atoms with Crippen LogP contribution < -0.4 is 5.32 Å². The Bertz CT molecular complexity index is 566. The summed E-state index contributed by atoms with van der Waals surface area (Å²) < 4.78 is 0. The quantitative estimate of drug-likeness (QED) is 0.908. The summed E-state index contributed by atoms with van der Waals surface area (Å²) in [5.41, 5.74) is 3.00. The van der Waals surface area contributed by atoms with Gasteiger partial charge in [-0.25, -0.2) is 4.98 Å². The highest BCUT2D eigenvalue weighted by Crippen LogP contribution is 2.14. The zero-order valence-electron chi connectivity index (χ0n) is 11.2. The maximum Gasteiger partial charge on any atom is 0.0991 e. The molecule has 19 heavy (non-hydrogen) atoms. The van der Waals surface area contributed by atoms with E-state index in [-0.39, 0.29) is 6.04 Å². The third-order valence-corrected chi connectivity index (χ3v) is 4.02. The molecule has 0 saturated carbocycles. The second kappa shape index (κ2) is 6.46. The van der Waals surface area contributed by atoms with E-state index in [1.165, 1.54) is 10.6 Å². The molecule has 0 spiro atoms. The summed E-state index contributed by atoms with van der Waals surface area (Å²) in [6.45, 7) is 5.06. The van der Waals surface area contributed by atoms with E-state index in [0.717, 1.165) is 18.7 Å². The van der Waals surface area contributed by atoms with Gasteiger partial charge in [0.05, 0.1) is 16.6 Å². The van der Waals surface area contributed by atoms with Crippen molar-refractivity contribution in [3.8, 4) is 6.07 Å². The van der Waals surface area contributed by atoms with Gasteiger partial charge in [0.1, 0.15) is 0 Å². The van der Waals surface area contributed by atoms with Gasteiger partial charge >= 0.3 is 0 Å². The molecule has 0 fully saturated rings. The van der Waals surface area contributed by atoms with Crippen molar-refractivity contribution in [1.82, 2.24) is 10.3 Å². The number of hydrogen-bond acceptors (Lipinski definition) is 4. The van der Waals surface area contributed by atoms with Gasteiger partial charge in [-0.05, 0) is 31.5 Å². The molecule has 0 aliphatic heterocycles. The zero-order chi connectivity index (χ0) is 13.7. The summed E-state index contributed by atoms with van der Waals surface area (Å²) >= 11 is 1.71. The van der Waals surface area contributed by atoms with Gasteiger partial charge < -0.3 is 5.32 Å². The van der Waals surface area contributed by atoms with Gasteiger partial charge in [0.2, 0.25) is 0 Å². The van der Waals surface area contributed by atoms with Gasteiger partial charge in [-0.3, -0.25) is 0 Å². The highest BCUT2D eigenvalue weighted by atomic mass is 32.1. The summed E-state index contributed by atoms with van der Waals surface area (Å²) in [4.78, 5) is 4.45. The predicted molar refractivity (Wildman–Crippen MR) is 78.1 cm³/mol. The molecule has 4 heteroatoms. The minimum atomic E-state index is 0.286. The molecule has 2 aromatic rings. The number of aryl methyl sites for hydroxylation is 1. The first-order chi connectivity index (χ1) is 9.19. The maximum absolute atomic E-state index is 8.77. The Kier molecular flexibility index (Phi) is 4.67. The van der Waals surface area contributed by atoms with Crippen LogP contribution in [-0.4, -0.2) is 11.5 Å². The van der Waals surface area contributed by atoms with Gasteiger partial charge in [0.15, 0.2) is 0 Å². The third kappa shape index (κ3) is 3.88. The minimum absolute atomic E-state index is 0.286. The molecule has 1 N–H and O–H groups in total. The van der Waals surface area contributed by atoms with Gasteiger partial charge in [-0.1, -0.05) is 12.1 Å². The molecule has 1 atom stereocenters. The minimum Gasteiger partial charge on any atom is -0.310 e. The van der Waals surface area contributed by atoms with Crippen molar-refractivity contribution in [1.29, 1.82) is 5.26 Å². The normalized spacial score (nSPS) is 12.1. The Balaban J connectivity index is 1.83. The molecule has 1 aromatic heterocycles. The van der Waals surface area contributed by atoms with Crippen LogP contribution in [0.25, 0.3) is 0 Å². The zero-order valence-corrected chi connectivity index (χ0v) is 12.0. The van der Waals surface area contributed by atoms with Crippen LogP contribution in [0.3, 0.4) is 0 Å². The first-order valence-electron chi connectivity index (χ1n) is 6.33. The lowest BCUT2D eigenvalue weighted by atomic mass is 10.1. The highest BCUT2D eigenvalue weighted by molar-refractivity contribution is 7.09. The molecule has 0 aliphatic carbocycles. The van der Waals surface area contributed by atoms with Crippen molar-refractivity contribution in [3.63, 3.8) is 0 Å². The molecule has 1 heterocycles. The SMILES string of the molecule is Cc1csc(CCNC(C)c2ccc(C#N)cc2)n1. The summed E-state index contributed by atoms with van der Waals surface area (Å²) in [6.07, 6.45) is 0.957. The number of aromatic nitrogens is 1. The number of nitrogens with one attached hydrogen (secondary N) is 1. The molecule has 0 aliphatic rings. The molecule has 3 nitrogen and oxygen atoms in total. The fourth-order valence-electron chi connectivity index (χ4n) is 1.88. The van der Waals surface area contributed by atoms with E-state index in [1.54, 1.807) is 11.3 Å². The average Bonchev–Trinajstić information content (AvgIpc) is 2.84. The van der Waals surface area contributed by atoms with Crippen LogP contribution in [0.4, 0.5) is 0 Å². The number of nitrogens with zero attached hydrogens (tertiary/aromatic N) is 2. The number of nitriles is 1. The largest absolute Gasteiger partial charge is 0.310 e. The Labute approximate surface area is 117 Å². The predicted octanol–water partition coefficient (Wildman–Crippen LogP) is 3.22. The number of benzene rings is 1. The van der Waals surface area contributed by atoms with E-state index in [0.29, 0.717) is 5.56 Å². The van der Waals surface area contributed by atoms with Gasteiger partial charge in [0, 0.05) is 30.1 Å². The Morgan fingerprint density at radius 2 is 2.11 bits per heavy atom. The van der Waals surface area contributed by atoms with Crippen molar-refractivity contribution >= 4 is 11.3 Å². The molecule has 98 valence electrons. The van der Waals surface area contributed by atoms with E-state index in [9.17, 15) is 0 Å². The van der Waals surface area contributed by atoms with Gasteiger partial charge in [-0.15, -0.1) is 11.3 Å². The van der Waals surface area contributed by atoms with Crippen LogP contribution in [0.15, 0.2) is 29.6 Å². The Morgan fingerprint density at radius 1 is 1.37 bits per heavy atom. The first-order valence-corrected chi connectivity index (χ1v) is 7.21. The van der Waals surface area contributed by atoms with Crippen LogP contribution in [0.5, 0.6) is 0 Å². The third-order valence-electron chi connectivity index (χ3n) is 3.00. The molecular weight excluding hydrogens is 254 g/mol.